The molecule has 0 aliphatic rings. The van der Waals surface area contributed by atoms with Crippen molar-refractivity contribution in [3.8, 4) is 11.3 Å². The lowest BCUT2D eigenvalue weighted by molar-refractivity contribution is -0.117. The molecule has 4 aromatic rings. The number of rotatable bonds is 4. The lowest BCUT2D eigenvalue weighted by atomic mass is 10.0. The number of aromatic nitrogens is 4. The minimum Gasteiger partial charge on any atom is -0.324 e. The highest BCUT2D eigenvalue weighted by Crippen LogP contribution is 2.23. The quantitative estimate of drug-likeness (QED) is 0.568. The summed E-state index contributed by atoms with van der Waals surface area (Å²) in [5.74, 6) is -0.308. The molecule has 1 N–H and O–H groups in total. The summed E-state index contributed by atoms with van der Waals surface area (Å²) in [6.45, 7) is 7.73. The van der Waals surface area contributed by atoms with Gasteiger partial charge in [-0.2, -0.15) is 10.2 Å². The number of nitrogens with one attached hydrogen (secondary N) is 1. The second kappa shape index (κ2) is 7.59. The number of amides is 1. The van der Waals surface area contributed by atoms with Crippen LogP contribution in [0, 0.1) is 27.7 Å². The predicted molar refractivity (Wildman–Crippen MR) is 117 cm³/mol. The summed E-state index contributed by atoms with van der Waals surface area (Å²) in [5.41, 5.74) is 6.61. The molecule has 2 aromatic carbocycles. The molecule has 0 unspecified atom stereocenters. The molecule has 0 aliphatic carbocycles. The van der Waals surface area contributed by atoms with Crippen molar-refractivity contribution in [2.75, 3.05) is 5.32 Å². The second-order valence-electron chi connectivity index (χ2n) is 7.64. The molecule has 0 atom stereocenters. The van der Waals surface area contributed by atoms with Crippen molar-refractivity contribution in [2.24, 2.45) is 0 Å². The van der Waals surface area contributed by atoms with Crippen LogP contribution in [0.2, 0.25) is 0 Å². The highest BCUT2D eigenvalue weighted by molar-refractivity contribution is 5.91. The lowest BCUT2D eigenvalue weighted by Gasteiger charge is -2.10. The first-order valence-corrected chi connectivity index (χ1v) is 9.72. The van der Waals surface area contributed by atoms with Crippen molar-refractivity contribution in [2.45, 2.75) is 34.2 Å². The molecule has 152 valence electrons. The molecule has 2 aromatic heterocycles. The summed E-state index contributed by atoms with van der Waals surface area (Å²) < 4.78 is 2.61. The smallest absolute Gasteiger partial charge is 0.293 e. The van der Waals surface area contributed by atoms with Crippen LogP contribution in [0.3, 0.4) is 0 Å². The number of carbonyl (C=O) groups is 1. The van der Waals surface area contributed by atoms with Crippen molar-refractivity contribution in [1.82, 2.24) is 19.4 Å². The van der Waals surface area contributed by atoms with Crippen LogP contribution in [0.5, 0.6) is 0 Å². The number of benzene rings is 2. The van der Waals surface area contributed by atoms with Gasteiger partial charge in [-0.05, 0) is 62.6 Å². The number of carbonyl (C=O) groups excluding carboxylic acids is 1. The van der Waals surface area contributed by atoms with Gasteiger partial charge in [0.25, 0.3) is 5.56 Å². The molecule has 0 saturated heterocycles. The van der Waals surface area contributed by atoms with Gasteiger partial charge in [0.1, 0.15) is 18.4 Å². The topological polar surface area (TPSA) is 81.3 Å². The fraction of sp³-hybridized carbons (Fsp3) is 0.217. The number of nitrogens with zero attached hydrogens (tertiary/aromatic N) is 4. The highest BCUT2D eigenvalue weighted by atomic mass is 16.2. The van der Waals surface area contributed by atoms with Gasteiger partial charge in [-0.3, -0.25) is 9.59 Å². The van der Waals surface area contributed by atoms with Crippen molar-refractivity contribution in [3.63, 3.8) is 0 Å². The zero-order valence-electron chi connectivity index (χ0n) is 17.4. The van der Waals surface area contributed by atoms with E-state index >= 15 is 0 Å². The average Bonchev–Trinajstić information content (AvgIpc) is 3.14. The minimum atomic E-state index is -0.363. The van der Waals surface area contributed by atoms with Gasteiger partial charge in [-0.15, -0.1) is 0 Å². The largest absolute Gasteiger partial charge is 0.324 e. The van der Waals surface area contributed by atoms with Crippen molar-refractivity contribution in [3.05, 3.63) is 81.4 Å². The Bertz CT molecular complexity index is 1330. The zero-order valence-corrected chi connectivity index (χ0v) is 17.4. The Kier molecular flexibility index (Phi) is 4.95. The standard InChI is InChI=1S/C23H23N5O2/c1-14-5-7-16(3)18(9-14)20-11-21-23(30)27(24-13-28(21)26-20)12-22(29)25-19-10-15(2)6-8-17(19)4/h5-11,13H,12H2,1-4H3,(H,25,29). The van der Waals surface area contributed by atoms with Crippen LogP contribution in [0.15, 0.2) is 53.6 Å². The predicted octanol–water partition coefficient (Wildman–Crippen LogP) is 3.43. The summed E-state index contributed by atoms with van der Waals surface area (Å²) in [5, 5.41) is 11.5. The first-order valence-electron chi connectivity index (χ1n) is 9.72. The normalized spacial score (nSPS) is 11.1. The first kappa shape index (κ1) is 19.6. The Morgan fingerprint density at radius 3 is 2.43 bits per heavy atom. The van der Waals surface area contributed by atoms with E-state index in [1.807, 2.05) is 64.1 Å². The van der Waals surface area contributed by atoms with Crippen LogP contribution in [0.25, 0.3) is 16.8 Å². The monoisotopic (exact) mass is 401 g/mol. The van der Waals surface area contributed by atoms with E-state index < -0.39 is 0 Å². The van der Waals surface area contributed by atoms with Gasteiger partial charge >= 0.3 is 0 Å². The van der Waals surface area contributed by atoms with Crippen LogP contribution in [-0.4, -0.2) is 25.3 Å². The molecule has 0 saturated carbocycles. The van der Waals surface area contributed by atoms with E-state index in [0.29, 0.717) is 11.2 Å². The third kappa shape index (κ3) is 3.74. The van der Waals surface area contributed by atoms with Crippen molar-refractivity contribution >= 4 is 17.1 Å². The maximum absolute atomic E-state index is 12.9. The molecule has 0 fully saturated rings. The maximum atomic E-state index is 12.9. The van der Waals surface area contributed by atoms with Crippen molar-refractivity contribution in [1.29, 1.82) is 0 Å². The third-order valence-corrected chi connectivity index (χ3v) is 5.12. The second-order valence-corrected chi connectivity index (χ2v) is 7.64. The molecular weight excluding hydrogens is 378 g/mol. The Hall–Kier alpha value is -3.74. The Balaban J connectivity index is 1.63. The van der Waals surface area contributed by atoms with Gasteiger partial charge in [-0.1, -0.05) is 29.8 Å². The van der Waals surface area contributed by atoms with Gasteiger partial charge in [0.2, 0.25) is 5.91 Å². The molecule has 7 heteroatoms. The summed E-state index contributed by atoms with van der Waals surface area (Å²) in [4.78, 5) is 25.4. The highest BCUT2D eigenvalue weighted by Gasteiger charge is 2.14. The minimum absolute atomic E-state index is 0.174. The van der Waals surface area contributed by atoms with E-state index in [4.69, 9.17) is 0 Å². The van der Waals surface area contributed by atoms with Crippen LogP contribution in [-0.2, 0) is 11.3 Å². The third-order valence-electron chi connectivity index (χ3n) is 5.12. The van der Waals surface area contributed by atoms with Crippen LogP contribution in [0.1, 0.15) is 22.3 Å². The zero-order chi connectivity index (χ0) is 21.4. The molecular formula is C23H23N5O2. The fourth-order valence-electron chi connectivity index (χ4n) is 3.39. The maximum Gasteiger partial charge on any atom is 0.293 e. The van der Waals surface area contributed by atoms with Gasteiger partial charge in [0.15, 0.2) is 0 Å². The molecule has 4 rings (SSSR count). The Labute approximate surface area is 174 Å². The summed E-state index contributed by atoms with van der Waals surface area (Å²) >= 11 is 0. The molecule has 1 amide bonds. The van der Waals surface area contributed by atoms with E-state index in [0.717, 1.165) is 38.2 Å². The molecule has 2 heterocycles. The van der Waals surface area contributed by atoms with Crippen LogP contribution >= 0.6 is 0 Å². The Morgan fingerprint density at radius 2 is 1.67 bits per heavy atom. The van der Waals surface area contributed by atoms with Crippen LogP contribution in [0.4, 0.5) is 5.69 Å². The van der Waals surface area contributed by atoms with E-state index in [-0.39, 0.29) is 18.0 Å². The summed E-state index contributed by atoms with van der Waals surface area (Å²) in [6.07, 6.45) is 1.45. The molecule has 0 bridgehead atoms. The lowest BCUT2D eigenvalue weighted by Crippen LogP contribution is -2.30. The van der Waals surface area contributed by atoms with Gasteiger partial charge in [0.05, 0.1) is 5.69 Å². The van der Waals surface area contributed by atoms with E-state index in [1.54, 1.807) is 6.07 Å². The fourth-order valence-corrected chi connectivity index (χ4v) is 3.39. The Morgan fingerprint density at radius 1 is 0.967 bits per heavy atom. The van der Waals surface area contributed by atoms with Gasteiger partial charge in [-0.25, -0.2) is 9.20 Å². The molecule has 0 aliphatic heterocycles. The van der Waals surface area contributed by atoms with Crippen LogP contribution < -0.4 is 10.9 Å². The first-order chi connectivity index (χ1) is 14.3. The molecule has 0 spiro atoms. The van der Waals surface area contributed by atoms with E-state index in [9.17, 15) is 9.59 Å². The molecule has 30 heavy (non-hydrogen) atoms. The van der Waals surface area contributed by atoms with Gasteiger partial charge < -0.3 is 5.32 Å². The number of aryl methyl sites for hydroxylation is 4. The molecule has 0 radical (unpaired) electrons. The van der Waals surface area contributed by atoms with Crippen molar-refractivity contribution < 1.29 is 4.79 Å². The summed E-state index contributed by atoms with van der Waals surface area (Å²) in [7, 11) is 0. The van der Waals surface area contributed by atoms with E-state index in [2.05, 4.69) is 15.5 Å². The number of hydrogen-bond donors (Lipinski definition) is 1. The molecule has 7 nitrogen and oxygen atoms in total. The SMILES string of the molecule is Cc1ccc(C)c(NC(=O)Cn2ncn3nc(-c4cc(C)ccc4C)cc3c2=O)c1. The average molecular weight is 401 g/mol. The number of anilines is 1. The number of hydrogen-bond acceptors (Lipinski definition) is 4. The summed E-state index contributed by atoms with van der Waals surface area (Å²) in [6, 6.07) is 13.7. The number of fused-ring (bicyclic) bond motifs is 1. The van der Waals surface area contributed by atoms with E-state index in [1.165, 1.54) is 10.8 Å². The van der Waals surface area contributed by atoms with Gasteiger partial charge in [0, 0.05) is 11.3 Å².